The van der Waals surface area contributed by atoms with E-state index < -0.39 is 0 Å². The Morgan fingerprint density at radius 2 is 2.25 bits per heavy atom. The van der Waals surface area contributed by atoms with Crippen molar-refractivity contribution in [1.82, 2.24) is 15.0 Å². The Kier molecular flexibility index (Phi) is 3.23. The predicted octanol–water partition coefficient (Wildman–Crippen LogP) is 2.58. The fourth-order valence-electron chi connectivity index (χ4n) is 1.95. The molecule has 5 nitrogen and oxygen atoms in total. The van der Waals surface area contributed by atoms with Gasteiger partial charge in [-0.1, -0.05) is 0 Å². The van der Waals surface area contributed by atoms with E-state index in [4.69, 9.17) is 4.74 Å². The maximum absolute atomic E-state index is 12.1. The van der Waals surface area contributed by atoms with Crippen LogP contribution in [0.2, 0.25) is 0 Å². The molecule has 0 unspecified atom stereocenters. The molecule has 0 aliphatic rings. The lowest BCUT2D eigenvalue weighted by Crippen LogP contribution is -2.13. The Bertz CT molecular complexity index is 808. The molecule has 0 fully saturated rings. The maximum Gasteiger partial charge on any atom is 0.260 e. The number of aromatic amines is 1. The summed E-state index contributed by atoms with van der Waals surface area (Å²) in [6, 6.07) is 3.60. The number of thiophene rings is 1. The number of hydrogen-bond acceptors (Lipinski definition) is 5. The van der Waals surface area contributed by atoms with Gasteiger partial charge in [-0.05, 0) is 31.5 Å². The SMILES string of the molecule is Cc1sc2nc(COc3cccnc3)[nH]c(=O)c2c1C. The first-order valence-corrected chi connectivity index (χ1v) is 6.98. The molecule has 3 aromatic heterocycles. The molecule has 3 rings (SSSR count). The molecule has 0 bridgehead atoms. The zero-order valence-electron chi connectivity index (χ0n) is 11.1. The van der Waals surface area contributed by atoms with Crippen LogP contribution in [0.5, 0.6) is 5.75 Å². The van der Waals surface area contributed by atoms with Crippen LogP contribution >= 0.6 is 11.3 Å². The highest BCUT2D eigenvalue weighted by Crippen LogP contribution is 2.25. The molecule has 0 aliphatic carbocycles. The zero-order chi connectivity index (χ0) is 14.1. The van der Waals surface area contributed by atoms with Gasteiger partial charge in [0.05, 0.1) is 11.6 Å². The summed E-state index contributed by atoms with van der Waals surface area (Å²) >= 11 is 1.53. The summed E-state index contributed by atoms with van der Waals surface area (Å²) in [7, 11) is 0. The van der Waals surface area contributed by atoms with E-state index in [-0.39, 0.29) is 12.2 Å². The van der Waals surface area contributed by atoms with Crippen molar-refractivity contribution >= 4 is 21.6 Å². The third-order valence-corrected chi connectivity index (χ3v) is 4.20. The number of H-pyrrole nitrogens is 1. The monoisotopic (exact) mass is 287 g/mol. The first-order chi connectivity index (χ1) is 9.65. The van der Waals surface area contributed by atoms with E-state index in [1.807, 2.05) is 19.9 Å². The lowest BCUT2D eigenvalue weighted by atomic mass is 10.2. The van der Waals surface area contributed by atoms with Crippen LogP contribution < -0.4 is 10.3 Å². The minimum absolute atomic E-state index is 0.110. The molecule has 3 aromatic rings. The molecule has 102 valence electrons. The number of aromatic nitrogens is 3. The molecule has 3 heterocycles. The average Bonchev–Trinajstić information content (AvgIpc) is 2.73. The summed E-state index contributed by atoms with van der Waals surface area (Å²) < 4.78 is 5.54. The van der Waals surface area contributed by atoms with Crippen molar-refractivity contribution in [3.8, 4) is 5.75 Å². The summed E-state index contributed by atoms with van der Waals surface area (Å²) in [4.78, 5) is 25.1. The standard InChI is InChI=1S/C14H13N3O2S/c1-8-9(2)20-14-12(8)13(18)16-11(17-14)7-19-10-4-3-5-15-6-10/h3-6H,7H2,1-2H3,(H,16,17,18). The highest BCUT2D eigenvalue weighted by Gasteiger charge is 2.11. The first kappa shape index (κ1) is 12.8. The van der Waals surface area contributed by atoms with E-state index >= 15 is 0 Å². The Labute approximate surface area is 119 Å². The van der Waals surface area contributed by atoms with Crippen LogP contribution in [-0.2, 0) is 6.61 Å². The first-order valence-electron chi connectivity index (χ1n) is 6.17. The predicted molar refractivity (Wildman–Crippen MR) is 78.3 cm³/mol. The number of nitrogens with zero attached hydrogens (tertiary/aromatic N) is 2. The fraction of sp³-hybridized carbons (Fsp3) is 0.214. The number of pyridine rings is 1. The molecule has 0 aromatic carbocycles. The van der Waals surface area contributed by atoms with Crippen LogP contribution in [0.25, 0.3) is 10.2 Å². The van der Waals surface area contributed by atoms with Gasteiger partial charge in [0.1, 0.15) is 23.0 Å². The number of aryl methyl sites for hydroxylation is 2. The van der Waals surface area contributed by atoms with Crippen molar-refractivity contribution in [3.05, 3.63) is 51.1 Å². The topological polar surface area (TPSA) is 67.9 Å². The van der Waals surface area contributed by atoms with Gasteiger partial charge >= 0.3 is 0 Å². The maximum atomic E-state index is 12.1. The average molecular weight is 287 g/mol. The Morgan fingerprint density at radius 3 is 3.00 bits per heavy atom. The van der Waals surface area contributed by atoms with Crippen molar-refractivity contribution in [2.24, 2.45) is 0 Å². The molecule has 0 amide bonds. The van der Waals surface area contributed by atoms with E-state index in [0.717, 1.165) is 15.3 Å². The third kappa shape index (κ3) is 2.30. The Hall–Kier alpha value is -2.21. The van der Waals surface area contributed by atoms with Gasteiger partial charge in [-0.15, -0.1) is 11.3 Å². The van der Waals surface area contributed by atoms with Crippen LogP contribution in [0.4, 0.5) is 0 Å². The molecule has 1 N–H and O–H groups in total. The van der Waals surface area contributed by atoms with Gasteiger partial charge in [-0.25, -0.2) is 4.98 Å². The van der Waals surface area contributed by atoms with Crippen LogP contribution in [0, 0.1) is 13.8 Å². The van der Waals surface area contributed by atoms with Gasteiger partial charge < -0.3 is 9.72 Å². The minimum Gasteiger partial charge on any atom is -0.484 e. The van der Waals surface area contributed by atoms with Crippen molar-refractivity contribution in [1.29, 1.82) is 0 Å². The molecule has 0 aliphatic heterocycles. The molecule has 0 spiro atoms. The number of hydrogen-bond donors (Lipinski definition) is 1. The minimum atomic E-state index is -0.110. The van der Waals surface area contributed by atoms with E-state index in [0.29, 0.717) is 17.0 Å². The quantitative estimate of drug-likeness (QED) is 0.804. The summed E-state index contributed by atoms with van der Waals surface area (Å²) in [5.41, 5.74) is 0.889. The smallest absolute Gasteiger partial charge is 0.260 e. The number of fused-ring (bicyclic) bond motifs is 1. The van der Waals surface area contributed by atoms with Gasteiger partial charge in [-0.2, -0.15) is 0 Å². The van der Waals surface area contributed by atoms with E-state index in [9.17, 15) is 4.79 Å². The van der Waals surface area contributed by atoms with E-state index in [1.54, 1.807) is 18.5 Å². The lowest BCUT2D eigenvalue weighted by molar-refractivity contribution is 0.295. The van der Waals surface area contributed by atoms with Crippen LogP contribution in [0.15, 0.2) is 29.3 Å². The van der Waals surface area contributed by atoms with Gasteiger partial charge in [-0.3, -0.25) is 9.78 Å². The number of nitrogens with one attached hydrogen (secondary N) is 1. The molecular formula is C14H13N3O2S. The van der Waals surface area contributed by atoms with Crippen LogP contribution in [-0.4, -0.2) is 15.0 Å². The van der Waals surface area contributed by atoms with Crippen molar-refractivity contribution < 1.29 is 4.74 Å². The zero-order valence-corrected chi connectivity index (χ0v) is 12.0. The van der Waals surface area contributed by atoms with Gasteiger partial charge in [0.15, 0.2) is 0 Å². The number of ether oxygens (including phenoxy) is 1. The van der Waals surface area contributed by atoms with Crippen molar-refractivity contribution in [2.45, 2.75) is 20.5 Å². The second-order valence-electron chi connectivity index (χ2n) is 4.45. The normalized spacial score (nSPS) is 10.9. The largest absolute Gasteiger partial charge is 0.484 e. The summed E-state index contributed by atoms with van der Waals surface area (Å²) in [6.07, 6.45) is 3.30. The second-order valence-corrected chi connectivity index (χ2v) is 5.66. The van der Waals surface area contributed by atoms with E-state index in [1.165, 1.54) is 11.3 Å². The molecule has 0 saturated carbocycles. The summed E-state index contributed by atoms with van der Waals surface area (Å²) in [5, 5.41) is 0.678. The van der Waals surface area contributed by atoms with Gasteiger partial charge in [0.2, 0.25) is 0 Å². The lowest BCUT2D eigenvalue weighted by Gasteiger charge is -2.04. The number of rotatable bonds is 3. The van der Waals surface area contributed by atoms with Crippen molar-refractivity contribution in [3.63, 3.8) is 0 Å². The highest BCUT2D eigenvalue weighted by atomic mass is 32.1. The van der Waals surface area contributed by atoms with Crippen molar-refractivity contribution in [2.75, 3.05) is 0 Å². The summed E-state index contributed by atoms with van der Waals surface area (Å²) in [5.74, 6) is 1.17. The van der Waals surface area contributed by atoms with Gasteiger partial charge in [0, 0.05) is 11.1 Å². The second kappa shape index (κ2) is 5.05. The highest BCUT2D eigenvalue weighted by molar-refractivity contribution is 7.18. The molecule has 6 heteroatoms. The molecule has 0 atom stereocenters. The van der Waals surface area contributed by atoms with E-state index in [2.05, 4.69) is 15.0 Å². The van der Waals surface area contributed by atoms with Crippen LogP contribution in [0.1, 0.15) is 16.3 Å². The van der Waals surface area contributed by atoms with Crippen LogP contribution in [0.3, 0.4) is 0 Å². The molecule has 0 saturated heterocycles. The Morgan fingerprint density at radius 1 is 1.40 bits per heavy atom. The molecule has 0 radical (unpaired) electrons. The Balaban J connectivity index is 1.91. The molecular weight excluding hydrogens is 274 g/mol. The summed E-state index contributed by atoms with van der Waals surface area (Å²) in [6.45, 7) is 4.15. The fourth-order valence-corrected chi connectivity index (χ4v) is 3.00. The third-order valence-electron chi connectivity index (χ3n) is 3.10. The van der Waals surface area contributed by atoms with Gasteiger partial charge in [0.25, 0.3) is 5.56 Å². The molecule has 20 heavy (non-hydrogen) atoms.